The first kappa shape index (κ1) is 17.6. The van der Waals surface area contributed by atoms with E-state index >= 15 is 0 Å². The van der Waals surface area contributed by atoms with Crippen molar-refractivity contribution in [1.82, 2.24) is 0 Å². The third kappa shape index (κ3) is 16.9. The van der Waals surface area contributed by atoms with Crippen LogP contribution in [0, 0.1) is 0 Å². The molecule has 0 spiro atoms. The average Bonchev–Trinajstić information content (AvgIpc) is 2.23. The van der Waals surface area contributed by atoms with Crippen molar-refractivity contribution in [2.45, 2.75) is 71.5 Å². The first-order valence-electron chi connectivity index (χ1n) is 6.02. The maximum atomic E-state index is 9.01. The van der Waals surface area contributed by atoms with Crippen molar-refractivity contribution in [3.05, 3.63) is 0 Å². The molecular weight excluding hydrogens is 212 g/mol. The first-order chi connectivity index (χ1) is 7.09. The lowest BCUT2D eigenvalue weighted by Gasteiger charge is -2.11. The average molecular weight is 239 g/mol. The summed E-state index contributed by atoms with van der Waals surface area (Å²) in [5.41, 5.74) is 0. The number of aliphatic hydroxyl groups is 2. The molecule has 0 heterocycles. The zero-order chi connectivity index (χ0) is 12.1. The van der Waals surface area contributed by atoms with Crippen LogP contribution in [0.4, 0.5) is 0 Å². The maximum absolute atomic E-state index is 9.01. The van der Waals surface area contributed by atoms with Gasteiger partial charge < -0.3 is 10.2 Å². The fourth-order valence-electron chi connectivity index (χ4n) is 0.999. The fraction of sp³-hybridized carbons (Fsp3) is 1.00. The van der Waals surface area contributed by atoms with Gasteiger partial charge in [0.25, 0.3) is 0 Å². The second kappa shape index (κ2) is 14.2. The minimum absolute atomic E-state index is 0.523. The molecule has 0 aromatic carbocycles. The third-order valence-corrected chi connectivity index (χ3v) is 2.41. The second-order valence-electron chi connectivity index (χ2n) is 3.85. The topological polar surface area (TPSA) is 40.5 Å². The molecule has 94 valence electrons. The molecule has 15 heavy (non-hydrogen) atoms. The van der Waals surface area contributed by atoms with Gasteiger partial charge in [0.05, 0.1) is 12.2 Å². The van der Waals surface area contributed by atoms with Gasteiger partial charge in [-0.25, -0.2) is 0 Å². The summed E-state index contributed by atoms with van der Waals surface area (Å²) in [6, 6.07) is 0. The molecule has 3 heteroatoms. The predicted molar refractivity (Wildman–Crippen MR) is 67.5 cm³/mol. The van der Waals surface area contributed by atoms with Crippen LogP contribution in [0.15, 0.2) is 0 Å². The number of halogens is 1. The largest absolute Gasteiger partial charge is 0.391 e. The predicted octanol–water partition coefficient (Wildman–Crippen LogP) is 3.33. The van der Waals surface area contributed by atoms with E-state index in [1.54, 1.807) is 6.92 Å². The monoisotopic (exact) mass is 238 g/mol. The molecule has 0 saturated carbocycles. The molecule has 0 amide bonds. The van der Waals surface area contributed by atoms with E-state index in [4.69, 9.17) is 21.8 Å². The van der Waals surface area contributed by atoms with E-state index < -0.39 is 12.2 Å². The quantitative estimate of drug-likeness (QED) is 0.528. The van der Waals surface area contributed by atoms with Crippen LogP contribution in [0.25, 0.3) is 0 Å². The van der Waals surface area contributed by atoms with Crippen molar-refractivity contribution >= 4 is 11.6 Å². The van der Waals surface area contributed by atoms with Gasteiger partial charge in [0.15, 0.2) is 0 Å². The van der Waals surface area contributed by atoms with E-state index in [1.807, 2.05) is 0 Å². The Morgan fingerprint density at radius 1 is 1.00 bits per heavy atom. The molecule has 2 N–H and O–H groups in total. The molecule has 2 nitrogen and oxygen atoms in total. The highest BCUT2D eigenvalue weighted by molar-refractivity contribution is 6.17. The lowest BCUT2D eigenvalue weighted by Crippen LogP contribution is -2.21. The van der Waals surface area contributed by atoms with E-state index in [0.717, 1.165) is 18.7 Å². The minimum Gasteiger partial charge on any atom is -0.391 e. The van der Waals surface area contributed by atoms with Crippen LogP contribution in [0.1, 0.15) is 59.3 Å². The van der Waals surface area contributed by atoms with E-state index in [9.17, 15) is 0 Å². The molecule has 0 fully saturated rings. The Morgan fingerprint density at radius 2 is 1.53 bits per heavy atom. The van der Waals surface area contributed by atoms with Crippen LogP contribution in [0.5, 0.6) is 0 Å². The van der Waals surface area contributed by atoms with Crippen molar-refractivity contribution in [3.8, 4) is 0 Å². The molecule has 0 aliphatic rings. The Labute approximate surface area is 99.7 Å². The molecular formula is C12H27ClO2. The number of hydrogen-bond donors (Lipinski definition) is 2. The zero-order valence-electron chi connectivity index (χ0n) is 10.4. The Bertz CT molecular complexity index is 104. The van der Waals surface area contributed by atoms with Gasteiger partial charge in [0.1, 0.15) is 0 Å². The molecule has 0 bridgehead atoms. The minimum atomic E-state index is -0.573. The summed E-state index contributed by atoms with van der Waals surface area (Å²) in [4.78, 5) is 0. The van der Waals surface area contributed by atoms with Crippen LogP contribution in [0.2, 0.25) is 0 Å². The van der Waals surface area contributed by atoms with Gasteiger partial charge >= 0.3 is 0 Å². The van der Waals surface area contributed by atoms with Gasteiger partial charge in [-0.1, -0.05) is 39.5 Å². The number of hydrogen-bond acceptors (Lipinski definition) is 2. The van der Waals surface area contributed by atoms with Crippen molar-refractivity contribution in [2.75, 3.05) is 5.88 Å². The Morgan fingerprint density at radius 3 is 1.80 bits per heavy atom. The van der Waals surface area contributed by atoms with Crippen molar-refractivity contribution in [1.29, 1.82) is 0 Å². The molecule has 0 saturated heterocycles. The Balaban J connectivity index is 0. The number of alkyl halides is 1. The van der Waals surface area contributed by atoms with Crippen LogP contribution < -0.4 is 0 Å². The van der Waals surface area contributed by atoms with E-state index in [-0.39, 0.29) is 0 Å². The standard InChI is InChI=1S/C7H16O2.C5H11Cl/c1-3-4-5-7(9)6(2)8;1-2-3-4-5-6/h6-9H,3-5H2,1-2H3;2-5H2,1H3. The van der Waals surface area contributed by atoms with Crippen molar-refractivity contribution in [2.24, 2.45) is 0 Å². The molecule has 0 aliphatic carbocycles. The van der Waals surface area contributed by atoms with Crippen molar-refractivity contribution < 1.29 is 10.2 Å². The SMILES string of the molecule is CCCCC(O)C(C)O.CCCCCCl. The lowest BCUT2D eigenvalue weighted by atomic mass is 10.1. The summed E-state index contributed by atoms with van der Waals surface area (Å²) < 4.78 is 0. The number of rotatable bonds is 7. The van der Waals surface area contributed by atoms with Gasteiger partial charge in [0, 0.05) is 5.88 Å². The molecule has 0 radical (unpaired) electrons. The van der Waals surface area contributed by atoms with Crippen LogP contribution >= 0.6 is 11.6 Å². The number of aliphatic hydroxyl groups excluding tert-OH is 2. The van der Waals surface area contributed by atoms with Crippen LogP contribution in [0.3, 0.4) is 0 Å². The maximum Gasteiger partial charge on any atom is 0.0796 e. The van der Waals surface area contributed by atoms with E-state index in [1.165, 1.54) is 19.3 Å². The summed E-state index contributed by atoms with van der Waals surface area (Å²) in [5.74, 6) is 0.827. The molecule has 2 atom stereocenters. The van der Waals surface area contributed by atoms with Gasteiger partial charge in [-0.05, 0) is 19.8 Å². The fourth-order valence-corrected chi connectivity index (χ4v) is 1.19. The normalized spacial score (nSPS) is 14.0. The molecule has 0 aromatic heterocycles. The number of unbranched alkanes of at least 4 members (excludes halogenated alkanes) is 3. The summed E-state index contributed by atoms with van der Waals surface area (Å²) in [6.45, 7) is 5.85. The van der Waals surface area contributed by atoms with Gasteiger partial charge in [-0.2, -0.15) is 0 Å². The smallest absolute Gasteiger partial charge is 0.0796 e. The summed E-state index contributed by atoms with van der Waals surface area (Å²) in [5, 5.41) is 17.8. The highest BCUT2D eigenvalue weighted by atomic mass is 35.5. The highest BCUT2D eigenvalue weighted by Crippen LogP contribution is 2.03. The molecule has 0 aliphatic heterocycles. The highest BCUT2D eigenvalue weighted by Gasteiger charge is 2.08. The van der Waals surface area contributed by atoms with Gasteiger partial charge in [-0.15, -0.1) is 11.6 Å². The summed E-state index contributed by atoms with van der Waals surface area (Å²) >= 11 is 5.38. The molecule has 0 rings (SSSR count). The first-order valence-corrected chi connectivity index (χ1v) is 6.55. The summed E-state index contributed by atoms with van der Waals surface area (Å²) in [6.07, 6.45) is 5.42. The van der Waals surface area contributed by atoms with Crippen molar-refractivity contribution in [3.63, 3.8) is 0 Å². The van der Waals surface area contributed by atoms with E-state index in [2.05, 4.69) is 13.8 Å². The lowest BCUT2D eigenvalue weighted by molar-refractivity contribution is 0.0250. The van der Waals surface area contributed by atoms with Crippen LogP contribution in [-0.2, 0) is 0 Å². The third-order valence-electron chi connectivity index (χ3n) is 2.15. The van der Waals surface area contributed by atoms with E-state index in [0.29, 0.717) is 6.42 Å². The van der Waals surface area contributed by atoms with Gasteiger partial charge in [0.2, 0.25) is 0 Å². The second-order valence-corrected chi connectivity index (χ2v) is 4.22. The summed E-state index contributed by atoms with van der Waals surface area (Å²) in [7, 11) is 0. The molecule has 2 unspecified atom stereocenters. The zero-order valence-corrected chi connectivity index (χ0v) is 11.1. The van der Waals surface area contributed by atoms with Gasteiger partial charge in [-0.3, -0.25) is 0 Å². The Hall–Kier alpha value is 0.210. The Kier molecular flexibility index (Phi) is 16.7. The molecule has 0 aromatic rings. The van der Waals surface area contributed by atoms with Crippen LogP contribution in [-0.4, -0.2) is 28.3 Å².